The van der Waals surface area contributed by atoms with Gasteiger partial charge in [0.15, 0.2) is 0 Å². The molecule has 0 saturated carbocycles. The standard InChI is InChI=1S/C14H16Cl3N3O/c1-2-18-14(21)4-6-20-12-8-10(17)9(16)7-11(12)19-13(20)3-5-15/h7-8H,2-6H2,1H3,(H,18,21). The molecular weight excluding hydrogens is 333 g/mol. The molecule has 1 aromatic carbocycles. The van der Waals surface area contributed by atoms with Gasteiger partial charge in [-0.3, -0.25) is 4.79 Å². The molecule has 2 aromatic rings. The van der Waals surface area contributed by atoms with E-state index >= 15 is 0 Å². The number of hydrogen-bond acceptors (Lipinski definition) is 2. The van der Waals surface area contributed by atoms with Gasteiger partial charge < -0.3 is 9.88 Å². The number of rotatable bonds is 6. The lowest BCUT2D eigenvalue weighted by Crippen LogP contribution is -2.24. The number of aryl methyl sites for hydroxylation is 2. The highest BCUT2D eigenvalue weighted by molar-refractivity contribution is 6.42. The van der Waals surface area contributed by atoms with Crippen LogP contribution >= 0.6 is 34.8 Å². The van der Waals surface area contributed by atoms with Crippen LogP contribution in [-0.4, -0.2) is 27.9 Å². The monoisotopic (exact) mass is 347 g/mol. The third-order valence-corrected chi connectivity index (χ3v) is 4.03. The molecule has 2 rings (SSSR count). The van der Waals surface area contributed by atoms with Crippen molar-refractivity contribution in [2.45, 2.75) is 26.3 Å². The number of nitrogens with zero attached hydrogens (tertiary/aromatic N) is 2. The number of benzene rings is 1. The van der Waals surface area contributed by atoms with Crippen molar-refractivity contribution in [3.8, 4) is 0 Å². The molecule has 4 nitrogen and oxygen atoms in total. The summed E-state index contributed by atoms with van der Waals surface area (Å²) in [6.07, 6.45) is 1.01. The molecule has 114 valence electrons. The van der Waals surface area contributed by atoms with Crippen LogP contribution in [-0.2, 0) is 17.8 Å². The third kappa shape index (κ3) is 3.82. The van der Waals surface area contributed by atoms with Crippen molar-refractivity contribution in [2.24, 2.45) is 0 Å². The SMILES string of the molecule is CCNC(=O)CCn1c(CCCl)nc2cc(Cl)c(Cl)cc21. The number of halogens is 3. The molecule has 0 bridgehead atoms. The summed E-state index contributed by atoms with van der Waals surface area (Å²) < 4.78 is 1.98. The minimum absolute atomic E-state index is 0.0104. The Morgan fingerprint density at radius 1 is 1.33 bits per heavy atom. The number of alkyl halides is 1. The molecule has 0 radical (unpaired) electrons. The molecule has 1 amide bonds. The first kappa shape index (κ1) is 16.4. The molecule has 0 aliphatic rings. The highest BCUT2D eigenvalue weighted by atomic mass is 35.5. The Labute approximate surface area is 138 Å². The van der Waals surface area contributed by atoms with E-state index in [-0.39, 0.29) is 5.91 Å². The molecule has 1 heterocycles. The molecule has 0 aliphatic heterocycles. The minimum Gasteiger partial charge on any atom is -0.356 e. The first-order chi connectivity index (χ1) is 10.1. The summed E-state index contributed by atoms with van der Waals surface area (Å²) >= 11 is 17.9. The molecule has 0 unspecified atom stereocenters. The van der Waals surface area contributed by atoms with Crippen LogP contribution in [0.1, 0.15) is 19.2 Å². The molecule has 0 aliphatic carbocycles. The Morgan fingerprint density at radius 2 is 2.05 bits per heavy atom. The van der Waals surface area contributed by atoms with Crippen molar-refractivity contribution in [1.82, 2.24) is 14.9 Å². The number of carbonyl (C=O) groups is 1. The van der Waals surface area contributed by atoms with Gasteiger partial charge in [0.2, 0.25) is 5.91 Å². The molecule has 0 atom stereocenters. The van der Waals surface area contributed by atoms with Gasteiger partial charge in [-0.1, -0.05) is 23.2 Å². The van der Waals surface area contributed by atoms with E-state index in [1.807, 2.05) is 11.5 Å². The van der Waals surface area contributed by atoms with Crippen molar-refractivity contribution in [3.05, 3.63) is 28.0 Å². The summed E-state index contributed by atoms with van der Waals surface area (Å²) in [6.45, 7) is 3.05. The largest absolute Gasteiger partial charge is 0.356 e. The minimum atomic E-state index is 0.0104. The maximum Gasteiger partial charge on any atom is 0.221 e. The number of imidazole rings is 1. The van der Waals surface area contributed by atoms with Crippen LogP contribution in [0.25, 0.3) is 11.0 Å². The Morgan fingerprint density at radius 3 is 2.71 bits per heavy atom. The smallest absolute Gasteiger partial charge is 0.221 e. The van der Waals surface area contributed by atoms with E-state index in [9.17, 15) is 4.79 Å². The number of carbonyl (C=O) groups excluding carboxylic acids is 1. The van der Waals surface area contributed by atoms with Gasteiger partial charge in [-0.15, -0.1) is 11.6 Å². The van der Waals surface area contributed by atoms with Gasteiger partial charge in [0.25, 0.3) is 0 Å². The highest BCUT2D eigenvalue weighted by Crippen LogP contribution is 2.28. The predicted octanol–water partition coefficient (Wildman–Crippen LogP) is 3.65. The normalized spacial score (nSPS) is 11.0. The molecule has 1 N–H and O–H groups in total. The molecule has 7 heteroatoms. The van der Waals surface area contributed by atoms with Crippen molar-refractivity contribution in [3.63, 3.8) is 0 Å². The lowest BCUT2D eigenvalue weighted by Gasteiger charge is -2.09. The van der Waals surface area contributed by atoms with Crippen molar-refractivity contribution >= 4 is 51.7 Å². The van der Waals surface area contributed by atoms with E-state index in [1.54, 1.807) is 12.1 Å². The van der Waals surface area contributed by atoms with E-state index in [4.69, 9.17) is 34.8 Å². The number of amides is 1. The maximum absolute atomic E-state index is 11.6. The molecule has 1 aromatic heterocycles. The van der Waals surface area contributed by atoms with Crippen LogP contribution in [0.4, 0.5) is 0 Å². The predicted molar refractivity (Wildman–Crippen MR) is 87.5 cm³/mol. The van der Waals surface area contributed by atoms with E-state index in [1.165, 1.54) is 0 Å². The van der Waals surface area contributed by atoms with Gasteiger partial charge in [-0.25, -0.2) is 4.98 Å². The lowest BCUT2D eigenvalue weighted by molar-refractivity contribution is -0.121. The van der Waals surface area contributed by atoms with Gasteiger partial charge in [0.05, 0.1) is 21.1 Å². The van der Waals surface area contributed by atoms with Gasteiger partial charge >= 0.3 is 0 Å². The first-order valence-electron chi connectivity index (χ1n) is 6.73. The summed E-state index contributed by atoms with van der Waals surface area (Å²) in [4.78, 5) is 16.2. The van der Waals surface area contributed by atoms with Gasteiger partial charge in [-0.05, 0) is 19.1 Å². The summed E-state index contributed by atoms with van der Waals surface area (Å²) in [7, 11) is 0. The second kappa shape index (κ2) is 7.34. The quantitative estimate of drug-likeness (QED) is 0.810. The zero-order valence-electron chi connectivity index (χ0n) is 11.6. The van der Waals surface area contributed by atoms with Crippen LogP contribution in [0.2, 0.25) is 10.0 Å². The zero-order chi connectivity index (χ0) is 15.4. The van der Waals surface area contributed by atoms with E-state index in [0.717, 1.165) is 16.9 Å². The second-order valence-electron chi connectivity index (χ2n) is 4.58. The van der Waals surface area contributed by atoms with Gasteiger partial charge in [0, 0.05) is 31.8 Å². The average molecular weight is 349 g/mol. The fourth-order valence-corrected chi connectivity index (χ4v) is 2.68. The number of nitrogens with one attached hydrogen (secondary N) is 1. The fraction of sp³-hybridized carbons (Fsp3) is 0.429. The van der Waals surface area contributed by atoms with E-state index in [2.05, 4.69) is 10.3 Å². The zero-order valence-corrected chi connectivity index (χ0v) is 13.9. The van der Waals surface area contributed by atoms with Crippen LogP contribution in [0.3, 0.4) is 0 Å². The third-order valence-electron chi connectivity index (χ3n) is 3.12. The Kier molecular flexibility index (Phi) is 5.73. The van der Waals surface area contributed by atoms with Gasteiger partial charge in [0.1, 0.15) is 5.82 Å². The second-order valence-corrected chi connectivity index (χ2v) is 5.77. The lowest BCUT2D eigenvalue weighted by atomic mass is 10.3. The topological polar surface area (TPSA) is 46.9 Å². The molecular formula is C14H16Cl3N3O. The molecule has 0 fully saturated rings. The highest BCUT2D eigenvalue weighted by Gasteiger charge is 2.13. The first-order valence-corrected chi connectivity index (χ1v) is 8.02. The van der Waals surface area contributed by atoms with Crippen molar-refractivity contribution in [2.75, 3.05) is 12.4 Å². The molecule has 21 heavy (non-hydrogen) atoms. The van der Waals surface area contributed by atoms with Crippen LogP contribution in [0, 0.1) is 0 Å². The Balaban J connectivity index is 2.36. The van der Waals surface area contributed by atoms with Gasteiger partial charge in [-0.2, -0.15) is 0 Å². The summed E-state index contributed by atoms with van der Waals surface area (Å²) in [5, 5.41) is 3.72. The summed E-state index contributed by atoms with van der Waals surface area (Å²) in [6, 6.07) is 3.52. The number of aromatic nitrogens is 2. The van der Waals surface area contributed by atoms with Crippen molar-refractivity contribution < 1.29 is 4.79 Å². The van der Waals surface area contributed by atoms with Crippen LogP contribution in [0.15, 0.2) is 12.1 Å². The fourth-order valence-electron chi connectivity index (χ4n) is 2.19. The van der Waals surface area contributed by atoms with Crippen molar-refractivity contribution in [1.29, 1.82) is 0 Å². The van der Waals surface area contributed by atoms with E-state index in [0.29, 0.717) is 41.9 Å². The number of fused-ring (bicyclic) bond motifs is 1. The Bertz CT molecular complexity index is 654. The average Bonchev–Trinajstić information content (AvgIpc) is 2.75. The van der Waals surface area contributed by atoms with E-state index < -0.39 is 0 Å². The Hall–Kier alpha value is -0.970. The summed E-state index contributed by atoms with van der Waals surface area (Å²) in [5.41, 5.74) is 1.63. The van der Waals surface area contributed by atoms with Crippen LogP contribution in [0.5, 0.6) is 0 Å². The maximum atomic E-state index is 11.6. The summed E-state index contributed by atoms with van der Waals surface area (Å²) in [5.74, 6) is 1.31. The van der Waals surface area contributed by atoms with Crippen LogP contribution < -0.4 is 5.32 Å². The molecule has 0 saturated heterocycles. The number of hydrogen-bond donors (Lipinski definition) is 1. The molecule has 0 spiro atoms.